The summed E-state index contributed by atoms with van der Waals surface area (Å²) in [6.07, 6.45) is 8.51. The highest BCUT2D eigenvalue weighted by Crippen LogP contribution is 2.50. The minimum atomic E-state index is 0.389. The van der Waals surface area contributed by atoms with Gasteiger partial charge in [0.15, 0.2) is 0 Å². The predicted molar refractivity (Wildman–Crippen MR) is 62.6 cm³/mol. The van der Waals surface area contributed by atoms with Gasteiger partial charge < -0.3 is 5.73 Å². The molecule has 3 rings (SSSR count). The normalized spacial score (nSPS) is 39.6. The number of nitrogens with zero attached hydrogens (tertiary/aromatic N) is 1. The average molecular weight is 208 g/mol. The SMILES string of the molecule is CCC(CN)(C1CC1)N1CC2CCC1C2. The van der Waals surface area contributed by atoms with Crippen molar-refractivity contribution >= 4 is 0 Å². The molecule has 0 spiro atoms. The minimum Gasteiger partial charge on any atom is -0.329 e. The first-order valence-electron chi connectivity index (χ1n) is 6.77. The number of fused-ring (bicyclic) bond motifs is 2. The second-order valence-corrected chi connectivity index (χ2v) is 5.92. The van der Waals surface area contributed by atoms with E-state index < -0.39 is 0 Å². The third-order valence-corrected chi connectivity index (χ3v) is 5.28. The maximum absolute atomic E-state index is 6.13. The highest BCUT2D eigenvalue weighted by molar-refractivity contribution is 5.08. The van der Waals surface area contributed by atoms with Crippen molar-refractivity contribution in [3.05, 3.63) is 0 Å². The van der Waals surface area contributed by atoms with Crippen LogP contribution < -0.4 is 5.73 Å². The summed E-state index contributed by atoms with van der Waals surface area (Å²) in [5.74, 6) is 1.93. The molecule has 0 aromatic rings. The fourth-order valence-corrected chi connectivity index (χ4v) is 4.25. The Labute approximate surface area is 93.2 Å². The number of likely N-dealkylation sites (tertiary alicyclic amines) is 1. The first-order chi connectivity index (χ1) is 7.30. The maximum atomic E-state index is 6.13. The largest absolute Gasteiger partial charge is 0.329 e. The van der Waals surface area contributed by atoms with Gasteiger partial charge >= 0.3 is 0 Å². The van der Waals surface area contributed by atoms with Crippen molar-refractivity contribution in [1.82, 2.24) is 4.90 Å². The number of rotatable bonds is 4. The van der Waals surface area contributed by atoms with Crippen molar-refractivity contribution < 1.29 is 0 Å². The zero-order valence-corrected chi connectivity index (χ0v) is 9.91. The van der Waals surface area contributed by atoms with Gasteiger partial charge in [0.05, 0.1) is 0 Å². The summed E-state index contributed by atoms with van der Waals surface area (Å²) in [6.45, 7) is 4.58. The molecule has 1 heterocycles. The molecule has 3 unspecified atom stereocenters. The van der Waals surface area contributed by atoms with E-state index in [0.717, 1.165) is 24.4 Å². The van der Waals surface area contributed by atoms with E-state index in [-0.39, 0.29) is 0 Å². The van der Waals surface area contributed by atoms with E-state index in [1.807, 2.05) is 0 Å². The smallest absolute Gasteiger partial charge is 0.0360 e. The van der Waals surface area contributed by atoms with Crippen molar-refractivity contribution in [2.75, 3.05) is 13.1 Å². The van der Waals surface area contributed by atoms with Gasteiger partial charge in [-0.15, -0.1) is 0 Å². The molecule has 0 amide bonds. The molecular formula is C13H24N2. The Bertz CT molecular complexity index is 243. The van der Waals surface area contributed by atoms with E-state index in [1.54, 1.807) is 0 Å². The van der Waals surface area contributed by atoms with Crippen LogP contribution >= 0.6 is 0 Å². The first kappa shape index (κ1) is 10.1. The Morgan fingerprint density at radius 2 is 2.07 bits per heavy atom. The van der Waals surface area contributed by atoms with Crippen molar-refractivity contribution in [3.8, 4) is 0 Å². The zero-order valence-electron chi connectivity index (χ0n) is 9.91. The summed E-state index contributed by atoms with van der Waals surface area (Å²) in [5, 5.41) is 0. The molecule has 2 N–H and O–H groups in total. The fraction of sp³-hybridized carbons (Fsp3) is 1.00. The molecule has 3 aliphatic rings. The summed E-state index contributed by atoms with van der Waals surface area (Å²) < 4.78 is 0. The van der Waals surface area contributed by atoms with E-state index in [1.165, 1.54) is 45.1 Å². The molecule has 2 nitrogen and oxygen atoms in total. The highest BCUT2D eigenvalue weighted by atomic mass is 15.3. The molecule has 86 valence electrons. The van der Waals surface area contributed by atoms with Crippen LogP contribution in [0.4, 0.5) is 0 Å². The Hall–Kier alpha value is -0.0800. The summed E-state index contributed by atoms with van der Waals surface area (Å²) in [5.41, 5.74) is 6.52. The molecule has 0 aromatic heterocycles. The monoisotopic (exact) mass is 208 g/mol. The van der Waals surface area contributed by atoms with Crippen LogP contribution in [-0.2, 0) is 0 Å². The van der Waals surface area contributed by atoms with Gasteiger partial charge in [-0.2, -0.15) is 0 Å². The van der Waals surface area contributed by atoms with Crippen LogP contribution in [0.1, 0.15) is 45.4 Å². The standard InChI is InChI=1S/C13H24N2/c1-2-13(9-14,11-4-5-11)15-8-10-3-6-12(15)7-10/h10-12H,2-9,14H2,1H3. The number of nitrogens with two attached hydrogens (primary N) is 1. The highest BCUT2D eigenvalue weighted by Gasteiger charge is 2.53. The molecule has 0 radical (unpaired) electrons. The second kappa shape index (κ2) is 3.46. The van der Waals surface area contributed by atoms with Crippen LogP contribution in [0.2, 0.25) is 0 Å². The quantitative estimate of drug-likeness (QED) is 0.765. The molecule has 3 atom stereocenters. The summed E-state index contributed by atoms with van der Waals surface area (Å²) in [6, 6.07) is 0.888. The van der Waals surface area contributed by atoms with Crippen molar-refractivity contribution in [2.45, 2.75) is 57.0 Å². The molecule has 2 heteroatoms. The van der Waals surface area contributed by atoms with Gasteiger partial charge in [0.25, 0.3) is 0 Å². The summed E-state index contributed by atoms with van der Waals surface area (Å²) in [4.78, 5) is 2.82. The van der Waals surface area contributed by atoms with E-state index in [2.05, 4.69) is 11.8 Å². The lowest BCUT2D eigenvalue weighted by molar-refractivity contribution is 0.0386. The lowest BCUT2D eigenvalue weighted by atomic mass is 9.86. The van der Waals surface area contributed by atoms with Crippen molar-refractivity contribution in [1.29, 1.82) is 0 Å². The lowest BCUT2D eigenvalue weighted by Crippen LogP contribution is -2.57. The van der Waals surface area contributed by atoms with Gasteiger partial charge in [-0.3, -0.25) is 4.90 Å². The Morgan fingerprint density at radius 3 is 2.47 bits per heavy atom. The van der Waals surface area contributed by atoms with E-state index in [4.69, 9.17) is 5.73 Å². The van der Waals surface area contributed by atoms with Crippen LogP contribution in [0.15, 0.2) is 0 Å². The van der Waals surface area contributed by atoms with Gasteiger partial charge in [0.1, 0.15) is 0 Å². The zero-order chi connectivity index (χ0) is 10.5. The van der Waals surface area contributed by atoms with Crippen LogP contribution in [0.25, 0.3) is 0 Å². The van der Waals surface area contributed by atoms with Crippen LogP contribution in [0.3, 0.4) is 0 Å². The molecule has 2 saturated carbocycles. The Kier molecular flexibility index (Phi) is 2.33. The molecule has 1 aliphatic heterocycles. The number of piperidine rings is 1. The summed E-state index contributed by atoms with van der Waals surface area (Å²) in [7, 11) is 0. The number of hydrogen-bond donors (Lipinski definition) is 1. The molecule has 3 fully saturated rings. The van der Waals surface area contributed by atoms with E-state index in [9.17, 15) is 0 Å². The third-order valence-electron chi connectivity index (χ3n) is 5.28. The van der Waals surface area contributed by atoms with Gasteiger partial charge in [0, 0.05) is 24.7 Å². The summed E-state index contributed by atoms with van der Waals surface area (Å²) >= 11 is 0. The molecule has 2 aliphatic carbocycles. The Balaban J connectivity index is 1.82. The molecule has 0 aromatic carbocycles. The van der Waals surface area contributed by atoms with Gasteiger partial charge in [0.2, 0.25) is 0 Å². The fourth-order valence-electron chi connectivity index (χ4n) is 4.25. The average Bonchev–Trinajstić information content (AvgIpc) is 2.91. The second-order valence-electron chi connectivity index (χ2n) is 5.92. The molecule has 2 bridgehead atoms. The van der Waals surface area contributed by atoms with Gasteiger partial charge in [-0.25, -0.2) is 0 Å². The van der Waals surface area contributed by atoms with Crippen molar-refractivity contribution in [2.24, 2.45) is 17.6 Å². The van der Waals surface area contributed by atoms with Crippen LogP contribution in [0.5, 0.6) is 0 Å². The Morgan fingerprint density at radius 1 is 1.27 bits per heavy atom. The van der Waals surface area contributed by atoms with Crippen LogP contribution in [-0.4, -0.2) is 29.6 Å². The first-order valence-corrected chi connectivity index (χ1v) is 6.77. The van der Waals surface area contributed by atoms with Crippen molar-refractivity contribution in [3.63, 3.8) is 0 Å². The molecule has 1 saturated heterocycles. The van der Waals surface area contributed by atoms with Gasteiger partial charge in [-0.05, 0) is 50.4 Å². The van der Waals surface area contributed by atoms with Crippen LogP contribution in [0, 0.1) is 11.8 Å². The predicted octanol–water partition coefficient (Wildman–Crippen LogP) is 1.99. The molecule has 15 heavy (non-hydrogen) atoms. The number of hydrogen-bond acceptors (Lipinski definition) is 2. The lowest BCUT2D eigenvalue weighted by Gasteiger charge is -2.46. The minimum absolute atomic E-state index is 0.389. The molecular weight excluding hydrogens is 184 g/mol. The van der Waals surface area contributed by atoms with Gasteiger partial charge in [-0.1, -0.05) is 6.92 Å². The maximum Gasteiger partial charge on any atom is 0.0360 e. The van der Waals surface area contributed by atoms with E-state index >= 15 is 0 Å². The third kappa shape index (κ3) is 1.38. The van der Waals surface area contributed by atoms with E-state index in [0.29, 0.717) is 5.54 Å². The topological polar surface area (TPSA) is 29.3 Å².